The zero-order valence-electron chi connectivity index (χ0n) is 3.72. The Hall–Kier alpha value is 0.370. The lowest BCUT2D eigenvalue weighted by atomic mass is 10.5. The molecule has 1 rings (SSSR count). The van der Waals surface area contributed by atoms with Crippen LogP contribution in [-0.2, 0) is 4.79 Å². The van der Waals surface area contributed by atoms with E-state index in [-0.39, 0.29) is 5.25 Å². The van der Waals surface area contributed by atoms with Crippen molar-refractivity contribution in [1.29, 1.82) is 0 Å². The van der Waals surface area contributed by atoms with E-state index in [4.69, 9.17) is 0 Å². The second-order valence-electron chi connectivity index (χ2n) is 1.26. The lowest BCUT2D eigenvalue weighted by molar-refractivity contribution is 0.555. The van der Waals surface area contributed by atoms with Crippen LogP contribution in [0.4, 0.5) is 0 Å². The summed E-state index contributed by atoms with van der Waals surface area (Å²) in [5.74, 6) is 0.966. The van der Waals surface area contributed by atoms with Crippen LogP contribution in [0.25, 0.3) is 0 Å². The van der Waals surface area contributed by atoms with Gasteiger partial charge in [0.25, 0.3) is 0 Å². The average Bonchev–Trinajstić information content (AvgIpc) is 2.14. The van der Waals surface area contributed by atoms with Crippen molar-refractivity contribution in [2.75, 3.05) is 10.8 Å². The van der Waals surface area contributed by atoms with Gasteiger partial charge in [-0.1, -0.05) is 0 Å². The molecule has 0 saturated carbocycles. The van der Waals surface area contributed by atoms with Gasteiger partial charge in [0.05, 0.1) is 5.25 Å². The minimum absolute atomic E-state index is 0.171. The fraction of sp³-hybridized carbons (Fsp3) is 0.750. The van der Waals surface area contributed by atoms with Gasteiger partial charge < -0.3 is 0 Å². The quantitative estimate of drug-likeness (QED) is 0.529. The maximum absolute atomic E-state index is 9.85. The van der Waals surface area contributed by atoms with Crippen molar-refractivity contribution in [2.24, 2.45) is 0 Å². The van der Waals surface area contributed by atoms with Gasteiger partial charge in [-0.3, -0.25) is 4.79 Å². The molecule has 7 heavy (non-hydrogen) atoms. The standard InChI is InChI=1S/C4H5OS2/c5-1-4-2-6-3-7-4/h4H,2-3H2. The molecule has 0 bridgehead atoms. The molecule has 1 nitrogen and oxygen atoms in total. The zero-order valence-corrected chi connectivity index (χ0v) is 5.35. The number of hydrogen-bond donors (Lipinski definition) is 0. The zero-order chi connectivity index (χ0) is 5.11. The van der Waals surface area contributed by atoms with Crippen LogP contribution < -0.4 is 0 Å². The Morgan fingerprint density at radius 2 is 2.57 bits per heavy atom. The first kappa shape index (κ1) is 5.51. The molecular formula is C4H5OS2. The second-order valence-corrected chi connectivity index (χ2v) is 3.85. The topological polar surface area (TPSA) is 17.1 Å². The Labute approximate surface area is 51.2 Å². The summed E-state index contributed by atoms with van der Waals surface area (Å²) >= 11 is 3.49. The van der Waals surface area contributed by atoms with Crippen molar-refractivity contribution in [3.63, 3.8) is 0 Å². The molecular weight excluding hydrogens is 128 g/mol. The highest BCUT2D eigenvalue weighted by atomic mass is 32.2. The van der Waals surface area contributed by atoms with Crippen molar-refractivity contribution < 1.29 is 4.79 Å². The highest BCUT2D eigenvalue weighted by Gasteiger charge is 2.14. The van der Waals surface area contributed by atoms with Gasteiger partial charge >= 0.3 is 0 Å². The maximum Gasteiger partial charge on any atom is 0.213 e. The van der Waals surface area contributed by atoms with Gasteiger partial charge in [0, 0.05) is 10.8 Å². The molecule has 0 aromatic carbocycles. The first-order chi connectivity index (χ1) is 3.43. The van der Waals surface area contributed by atoms with E-state index >= 15 is 0 Å². The Bertz CT molecular complexity index is 68.1. The van der Waals surface area contributed by atoms with Crippen LogP contribution in [0.15, 0.2) is 0 Å². The van der Waals surface area contributed by atoms with E-state index in [0.717, 1.165) is 10.8 Å². The van der Waals surface area contributed by atoms with Crippen LogP contribution in [-0.4, -0.2) is 22.4 Å². The third-order valence-electron chi connectivity index (χ3n) is 0.753. The molecule has 39 valence electrons. The van der Waals surface area contributed by atoms with Crippen molar-refractivity contribution in [3.8, 4) is 0 Å². The van der Waals surface area contributed by atoms with Crippen LogP contribution in [0.1, 0.15) is 0 Å². The van der Waals surface area contributed by atoms with E-state index < -0.39 is 0 Å². The summed E-state index contributed by atoms with van der Waals surface area (Å²) in [5.41, 5.74) is 0. The summed E-state index contributed by atoms with van der Waals surface area (Å²) in [6.45, 7) is 0. The summed E-state index contributed by atoms with van der Waals surface area (Å²) in [6, 6.07) is 0. The molecule has 0 spiro atoms. The van der Waals surface area contributed by atoms with E-state index in [0.29, 0.717) is 0 Å². The monoisotopic (exact) mass is 133 g/mol. The largest absolute Gasteiger partial charge is 0.290 e. The number of carbonyl (C=O) groups excluding carboxylic acids is 1. The lowest BCUT2D eigenvalue weighted by Crippen LogP contribution is -1.99. The average molecular weight is 133 g/mol. The summed E-state index contributed by atoms with van der Waals surface area (Å²) < 4.78 is 0. The minimum Gasteiger partial charge on any atom is -0.290 e. The van der Waals surface area contributed by atoms with Gasteiger partial charge in [-0.05, 0) is 0 Å². The van der Waals surface area contributed by atoms with Gasteiger partial charge in [0.1, 0.15) is 0 Å². The number of hydrogen-bond acceptors (Lipinski definition) is 3. The van der Waals surface area contributed by atoms with E-state index in [1.165, 1.54) is 0 Å². The maximum atomic E-state index is 9.85. The van der Waals surface area contributed by atoms with E-state index in [1.807, 2.05) is 18.0 Å². The minimum atomic E-state index is 0.171. The molecule has 1 aliphatic rings. The van der Waals surface area contributed by atoms with Crippen LogP contribution in [0.2, 0.25) is 0 Å². The second kappa shape index (κ2) is 2.62. The first-order valence-corrected chi connectivity index (χ1v) is 4.21. The van der Waals surface area contributed by atoms with Crippen molar-refractivity contribution in [1.82, 2.24) is 0 Å². The Morgan fingerprint density at radius 3 is 2.86 bits per heavy atom. The molecule has 0 amide bonds. The Balaban J connectivity index is 2.26. The Kier molecular flexibility index (Phi) is 2.06. The van der Waals surface area contributed by atoms with Gasteiger partial charge in [0.15, 0.2) is 0 Å². The third kappa shape index (κ3) is 1.39. The Morgan fingerprint density at radius 1 is 1.71 bits per heavy atom. The third-order valence-corrected chi connectivity index (χ3v) is 3.41. The molecule has 0 aromatic heterocycles. The van der Waals surface area contributed by atoms with E-state index in [2.05, 4.69) is 0 Å². The molecule has 0 N–H and O–H groups in total. The molecule has 0 aliphatic carbocycles. The summed E-state index contributed by atoms with van der Waals surface area (Å²) in [5, 5.41) is 1.24. The predicted molar refractivity (Wildman–Crippen MR) is 34.4 cm³/mol. The van der Waals surface area contributed by atoms with Crippen LogP contribution in [0.3, 0.4) is 0 Å². The van der Waals surface area contributed by atoms with Crippen molar-refractivity contribution >= 4 is 29.8 Å². The number of thioether (sulfide) groups is 2. The molecule has 0 aromatic rings. The van der Waals surface area contributed by atoms with Crippen molar-refractivity contribution in [3.05, 3.63) is 0 Å². The molecule has 1 atom stereocenters. The highest BCUT2D eigenvalue weighted by molar-refractivity contribution is 8.19. The van der Waals surface area contributed by atoms with Crippen LogP contribution in [0.5, 0.6) is 0 Å². The first-order valence-electron chi connectivity index (χ1n) is 2.00. The molecule has 1 radical (unpaired) electrons. The fourth-order valence-corrected chi connectivity index (χ4v) is 2.85. The van der Waals surface area contributed by atoms with Crippen LogP contribution >= 0.6 is 23.5 Å². The van der Waals surface area contributed by atoms with Crippen molar-refractivity contribution in [2.45, 2.75) is 5.25 Å². The molecule has 1 fully saturated rings. The SMILES string of the molecule is O=[C]C1CSCS1. The smallest absolute Gasteiger partial charge is 0.213 e. The summed E-state index contributed by atoms with van der Waals surface area (Å²) in [4.78, 5) is 9.85. The lowest BCUT2D eigenvalue weighted by Gasteiger charge is -1.87. The summed E-state index contributed by atoms with van der Waals surface area (Å²) in [6.07, 6.45) is 1.96. The van der Waals surface area contributed by atoms with Gasteiger partial charge in [-0.25, -0.2) is 0 Å². The molecule has 1 heterocycles. The predicted octanol–water partition coefficient (Wildman–Crippen LogP) is 0.902. The molecule has 1 aliphatic heterocycles. The fourth-order valence-electron chi connectivity index (χ4n) is 0.402. The van der Waals surface area contributed by atoms with E-state index in [9.17, 15) is 4.79 Å². The van der Waals surface area contributed by atoms with Gasteiger partial charge in [-0.2, -0.15) is 0 Å². The van der Waals surface area contributed by atoms with E-state index in [1.54, 1.807) is 11.8 Å². The summed E-state index contributed by atoms with van der Waals surface area (Å²) in [7, 11) is 0. The molecule has 1 unspecified atom stereocenters. The van der Waals surface area contributed by atoms with Crippen LogP contribution in [0, 0.1) is 0 Å². The molecule has 3 heteroatoms. The van der Waals surface area contributed by atoms with Gasteiger partial charge in [-0.15, -0.1) is 23.5 Å². The molecule has 1 saturated heterocycles. The number of rotatable bonds is 1. The van der Waals surface area contributed by atoms with Gasteiger partial charge in [0.2, 0.25) is 6.29 Å². The normalized spacial score (nSPS) is 30.6. The highest BCUT2D eigenvalue weighted by Crippen LogP contribution is 2.27.